The van der Waals surface area contributed by atoms with Crippen molar-refractivity contribution in [1.82, 2.24) is 0 Å². The molecule has 0 aliphatic heterocycles. The number of esters is 1. The van der Waals surface area contributed by atoms with E-state index in [0.717, 1.165) is 0 Å². The first kappa shape index (κ1) is 17.7. The second-order valence-corrected chi connectivity index (χ2v) is 6.88. The van der Waals surface area contributed by atoms with Gasteiger partial charge in [0.1, 0.15) is 11.5 Å². The highest BCUT2D eigenvalue weighted by atomic mass is 35.7. The standard InChI is InChI=1S/C13H18ClNO5S/c1-4-19-7-8-20-13(16)10-5-6-11(15(2)3)12(9-10)21(14,17)18/h5-6,9H,4,7-8H2,1-3H3. The van der Waals surface area contributed by atoms with Crippen molar-refractivity contribution in [3.63, 3.8) is 0 Å². The van der Waals surface area contributed by atoms with E-state index < -0.39 is 15.0 Å². The Morgan fingerprint density at radius 3 is 2.48 bits per heavy atom. The van der Waals surface area contributed by atoms with Gasteiger partial charge in [-0.15, -0.1) is 0 Å². The maximum atomic E-state index is 11.8. The van der Waals surface area contributed by atoms with Crippen LogP contribution in [0.2, 0.25) is 0 Å². The largest absolute Gasteiger partial charge is 0.460 e. The van der Waals surface area contributed by atoms with Crippen molar-refractivity contribution in [2.75, 3.05) is 38.8 Å². The van der Waals surface area contributed by atoms with Gasteiger partial charge >= 0.3 is 5.97 Å². The van der Waals surface area contributed by atoms with Crippen LogP contribution in [0.3, 0.4) is 0 Å². The Kier molecular flexibility index (Phi) is 6.44. The van der Waals surface area contributed by atoms with Crippen molar-refractivity contribution in [3.05, 3.63) is 23.8 Å². The molecule has 0 unspecified atom stereocenters. The fraction of sp³-hybridized carbons (Fsp3) is 0.462. The van der Waals surface area contributed by atoms with Gasteiger partial charge < -0.3 is 14.4 Å². The van der Waals surface area contributed by atoms with Crippen LogP contribution in [0.25, 0.3) is 0 Å². The maximum Gasteiger partial charge on any atom is 0.338 e. The highest BCUT2D eigenvalue weighted by Crippen LogP contribution is 2.28. The van der Waals surface area contributed by atoms with Crippen LogP contribution in [-0.2, 0) is 18.5 Å². The molecule has 1 aromatic rings. The van der Waals surface area contributed by atoms with Gasteiger partial charge in [-0.1, -0.05) is 0 Å². The van der Waals surface area contributed by atoms with Crippen LogP contribution in [0.5, 0.6) is 0 Å². The molecular formula is C13H18ClNO5S. The third kappa shape index (κ3) is 5.18. The van der Waals surface area contributed by atoms with E-state index in [0.29, 0.717) is 18.9 Å². The van der Waals surface area contributed by atoms with Gasteiger partial charge in [0.15, 0.2) is 0 Å². The number of nitrogens with zero attached hydrogens (tertiary/aromatic N) is 1. The molecule has 0 aliphatic rings. The number of carbonyl (C=O) groups excluding carboxylic acids is 1. The fourth-order valence-corrected chi connectivity index (χ4v) is 2.77. The number of halogens is 1. The Morgan fingerprint density at radius 2 is 1.95 bits per heavy atom. The molecule has 1 rings (SSSR count). The van der Waals surface area contributed by atoms with Gasteiger partial charge in [0.05, 0.1) is 17.9 Å². The number of hydrogen-bond acceptors (Lipinski definition) is 6. The van der Waals surface area contributed by atoms with Crippen LogP contribution in [0.1, 0.15) is 17.3 Å². The molecule has 0 spiro atoms. The summed E-state index contributed by atoms with van der Waals surface area (Å²) >= 11 is 0. The van der Waals surface area contributed by atoms with Gasteiger partial charge in [0.25, 0.3) is 9.05 Å². The molecule has 1 aromatic carbocycles. The first-order valence-corrected chi connectivity index (χ1v) is 8.59. The van der Waals surface area contributed by atoms with Crippen molar-refractivity contribution in [3.8, 4) is 0 Å². The van der Waals surface area contributed by atoms with Crippen molar-refractivity contribution < 1.29 is 22.7 Å². The zero-order chi connectivity index (χ0) is 16.0. The van der Waals surface area contributed by atoms with Gasteiger partial charge in [-0.2, -0.15) is 0 Å². The monoisotopic (exact) mass is 335 g/mol. The van der Waals surface area contributed by atoms with Crippen molar-refractivity contribution >= 4 is 31.4 Å². The Bertz CT molecular complexity index is 601. The molecule has 0 saturated carbocycles. The Labute approximate surface area is 129 Å². The summed E-state index contributed by atoms with van der Waals surface area (Å²) in [6, 6.07) is 4.21. The summed E-state index contributed by atoms with van der Waals surface area (Å²) in [5.74, 6) is -0.624. The van der Waals surface area contributed by atoms with Gasteiger partial charge in [0, 0.05) is 31.4 Å². The van der Waals surface area contributed by atoms with Crippen LogP contribution < -0.4 is 4.90 Å². The molecule has 0 bridgehead atoms. The average molecular weight is 336 g/mol. The molecule has 0 fully saturated rings. The van der Waals surface area contributed by atoms with E-state index in [4.69, 9.17) is 20.2 Å². The number of ether oxygens (including phenoxy) is 2. The van der Waals surface area contributed by atoms with Crippen molar-refractivity contribution in [2.45, 2.75) is 11.8 Å². The molecule has 0 radical (unpaired) electrons. The molecule has 0 saturated heterocycles. The van der Waals surface area contributed by atoms with Gasteiger partial charge in [-0.05, 0) is 25.1 Å². The quantitative estimate of drug-likeness (QED) is 0.430. The lowest BCUT2D eigenvalue weighted by molar-refractivity contribution is 0.0335. The molecule has 0 aromatic heterocycles. The molecule has 0 heterocycles. The molecule has 0 N–H and O–H groups in total. The zero-order valence-corrected chi connectivity index (χ0v) is 13.7. The average Bonchev–Trinajstić information content (AvgIpc) is 2.41. The Hall–Kier alpha value is -1.31. The minimum absolute atomic E-state index is 0.102. The number of anilines is 1. The second kappa shape index (κ2) is 7.63. The Balaban J connectivity index is 2.98. The SMILES string of the molecule is CCOCCOC(=O)c1ccc(N(C)C)c(S(=O)(=O)Cl)c1. The van der Waals surface area contributed by atoms with Crippen LogP contribution in [0, 0.1) is 0 Å². The van der Waals surface area contributed by atoms with E-state index in [2.05, 4.69) is 0 Å². The van der Waals surface area contributed by atoms with Crippen molar-refractivity contribution in [2.24, 2.45) is 0 Å². The van der Waals surface area contributed by atoms with E-state index in [1.807, 2.05) is 6.92 Å². The normalized spacial score (nSPS) is 11.2. The molecule has 6 nitrogen and oxygen atoms in total. The predicted octanol–water partition coefficient (Wildman–Crippen LogP) is 1.87. The maximum absolute atomic E-state index is 11.8. The van der Waals surface area contributed by atoms with E-state index in [-0.39, 0.29) is 17.1 Å². The molecule has 21 heavy (non-hydrogen) atoms. The van der Waals surface area contributed by atoms with E-state index in [1.54, 1.807) is 19.0 Å². The molecule has 0 amide bonds. The first-order chi connectivity index (χ1) is 9.77. The number of hydrogen-bond donors (Lipinski definition) is 0. The Morgan fingerprint density at radius 1 is 1.29 bits per heavy atom. The van der Waals surface area contributed by atoms with Crippen LogP contribution in [0.4, 0.5) is 5.69 Å². The third-order valence-corrected chi connectivity index (χ3v) is 3.96. The summed E-state index contributed by atoms with van der Waals surface area (Å²) in [6.45, 7) is 2.76. The zero-order valence-electron chi connectivity index (χ0n) is 12.1. The summed E-state index contributed by atoms with van der Waals surface area (Å²) < 4.78 is 33.2. The topological polar surface area (TPSA) is 72.9 Å². The number of rotatable bonds is 7. The molecular weight excluding hydrogens is 318 g/mol. The molecule has 8 heteroatoms. The van der Waals surface area contributed by atoms with Crippen LogP contribution in [0.15, 0.2) is 23.1 Å². The highest BCUT2D eigenvalue weighted by molar-refractivity contribution is 8.13. The fourth-order valence-electron chi connectivity index (χ4n) is 1.63. The lowest BCUT2D eigenvalue weighted by atomic mass is 10.2. The predicted molar refractivity (Wildman–Crippen MR) is 80.6 cm³/mol. The number of benzene rings is 1. The second-order valence-electron chi connectivity index (χ2n) is 4.35. The van der Waals surface area contributed by atoms with E-state index in [9.17, 15) is 13.2 Å². The van der Waals surface area contributed by atoms with Crippen LogP contribution >= 0.6 is 10.7 Å². The van der Waals surface area contributed by atoms with E-state index in [1.165, 1.54) is 18.2 Å². The van der Waals surface area contributed by atoms with Crippen molar-refractivity contribution in [1.29, 1.82) is 0 Å². The van der Waals surface area contributed by atoms with Gasteiger partial charge in [0.2, 0.25) is 0 Å². The summed E-state index contributed by atoms with van der Waals surface area (Å²) in [6.07, 6.45) is 0. The summed E-state index contributed by atoms with van der Waals surface area (Å²) in [7, 11) is 4.80. The van der Waals surface area contributed by atoms with Gasteiger partial charge in [-0.3, -0.25) is 0 Å². The minimum Gasteiger partial charge on any atom is -0.460 e. The first-order valence-electron chi connectivity index (χ1n) is 6.28. The summed E-state index contributed by atoms with van der Waals surface area (Å²) in [5, 5.41) is 0. The van der Waals surface area contributed by atoms with Gasteiger partial charge in [-0.25, -0.2) is 13.2 Å². The summed E-state index contributed by atoms with van der Waals surface area (Å²) in [4.78, 5) is 13.3. The summed E-state index contributed by atoms with van der Waals surface area (Å²) in [5.41, 5.74) is 0.521. The minimum atomic E-state index is -3.97. The lowest BCUT2D eigenvalue weighted by Crippen LogP contribution is -2.15. The molecule has 0 atom stereocenters. The smallest absolute Gasteiger partial charge is 0.338 e. The molecule has 118 valence electrons. The van der Waals surface area contributed by atoms with Crippen LogP contribution in [-0.4, -0.2) is 48.3 Å². The lowest BCUT2D eigenvalue weighted by Gasteiger charge is -2.16. The third-order valence-electron chi connectivity index (χ3n) is 2.60. The highest BCUT2D eigenvalue weighted by Gasteiger charge is 2.20. The van der Waals surface area contributed by atoms with E-state index >= 15 is 0 Å². The number of carbonyl (C=O) groups is 1. The molecule has 0 aliphatic carbocycles.